The number of hydrogen-bond acceptors (Lipinski definition) is 6. The highest BCUT2D eigenvalue weighted by Crippen LogP contribution is 2.32. The van der Waals surface area contributed by atoms with E-state index in [4.69, 9.17) is 9.47 Å². The molecular formula is C23H25F3IN3O4. The van der Waals surface area contributed by atoms with Gasteiger partial charge in [-0.2, -0.15) is 0 Å². The number of amides is 1. The van der Waals surface area contributed by atoms with Gasteiger partial charge in [0, 0.05) is 30.7 Å². The van der Waals surface area contributed by atoms with Crippen LogP contribution in [0.2, 0.25) is 0 Å². The van der Waals surface area contributed by atoms with Crippen LogP contribution in [0, 0.1) is 21.0 Å². The lowest BCUT2D eigenvalue weighted by atomic mass is 9.92. The summed E-state index contributed by atoms with van der Waals surface area (Å²) >= 11 is 1.92. The molecule has 0 saturated carbocycles. The zero-order chi connectivity index (χ0) is 25.0. The van der Waals surface area contributed by atoms with Crippen LogP contribution < -0.4 is 10.6 Å². The maximum atomic E-state index is 14.7. The Morgan fingerprint density at radius 3 is 2.50 bits per heavy atom. The predicted molar refractivity (Wildman–Crippen MR) is 128 cm³/mol. The van der Waals surface area contributed by atoms with Gasteiger partial charge in [0.05, 0.1) is 36.1 Å². The van der Waals surface area contributed by atoms with Crippen molar-refractivity contribution in [1.29, 1.82) is 0 Å². The van der Waals surface area contributed by atoms with Crippen molar-refractivity contribution in [3.63, 3.8) is 0 Å². The Morgan fingerprint density at radius 2 is 1.88 bits per heavy atom. The van der Waals surface area contributed by atoms with E-state index in [9.17, 15) is 22.8 Å². The largest absolute Gasteiger partial charge is 0.454 e. The molecule has 34 heavy (non-hydrogen) atoms. The van der Waals surface area contributed by atoms with Crippen molar-refractivity contribution >= 4 is 45.8 Å². The number of methoxy groups -OCH3 is 1. The van der Waals surface area contributed by atoms with E-state index in [-0.39, 0.29) is 37.0 Å². The van der Waals surface area contributed by atoms with Crippen LogP contribution >= 0.6 is 22.6 Å². The first kappa shape index (κ1) is 26.2. The van der Waals surface area contributed by atoms with Gasteiger partial charge >= 0.3 is 5.97 Å². The third kappa shape index (κ3) is 5.99. The maximum absolute atomic E-state index is 14.7. The number of esters is 1. The zero-order valence-corrected chi connectivity index (χ0v) is 21.0. The molecule has 3 rings (SSSR count). The molecule has 2 aromatic rings. The molecule has 1 aliphatic heterocycles. The molecule has 2 N–H and O–H groups in total. The van der Waals surface area contributed by atoms with E-state index in [2.05, 4.69) is 10.6 Å². The molecule has 184 valence electrons. The van der Waals surface area contributed by atoms with Gasteiger partial charge in [-0.1, -0.05) is 0 Å². The van der Waals surface area contributed by atoms with Crippen LogP contribution in [0.1, 0.15) is 24.2 Å². The van der Waals surface area contributed by atoms with Crippen molar-refractivity contribution in [2.75, 3.05) is 38.6 Å². The number of nitrogens with one attached hydrogen (secondary N) is 2. The Balaban J connectivity index is 1.80. The molecular weight excluding hydrogens is 566 g/mol. The van der Waals surface area contributed by atoms with Gasteiger partial charge in [0.25, 0.3) is 5.91 Å². The molecule has 1 fully saturated rings. The van der Waals surface area contributed by atoms with Crippen LogP contribution in [-0.4, -0.2) is 61.8 Å². The second kappa shape index (κ2) is 10.9. The SMILES string of the molecule is COC(C)CNCC1(OC(C)=O)CN(C(=O)c2ccc(F)c(F)c2Nc2ccc(I)cc2F)C1. The Labute approximate surface area is 209 Å². The van der Waals surface area contributed by atoms with Crippen LogP contribution in [0.25, 0.3) is 0 Å². The number of carbonyl (C=O) groups excluding carboxylic acids is 2. The summed E-state index contributed by atoms with van der Waals surface area (Å²) in [5.74, 6) is -4.27. The molecule has 1 aliphatic rings. The summed E-state index contributed by atoms with van der Waals surface area (Å²) in [4.78, 5) is 26.1. The van der Waals surface area contributed by atoms with Crippen molar-refractivity contribution in [2.24, 2.45) is 0 Å². The summed E-state index contributed by atoms with van der Waals surface area (Å²) in [5, 5.41) is 5.67. The van der Waals surface area contributed by atoms with E-state index in [0.29, 0.717) is 10.1 Å². The summed E-state index contributed by atoms with van der Waals surface area (Å²) in [6.45, 7) is 4.03. The van der Waals surface area contributed by atoms with Crippen LogP contribution in [0.4, 0.5) is 24.5 Å². The fourth-order valence-electron chi connectivity index (χ4n) is 3.64. The quantitative estimate of drug-likeness (QED) is 0.341. The van der Waals surface area contributed by atoms with E-state index < -0.39 is 40.6 Å². The molecule has 1 saturated heterocycles. The number of ether oxygens (including phenoxy) is 2. The predicted octanol–water partition coefficient (Wildman–Crippen LogP) is 3.83. The van der Waals surface area contributed by atoms with Gasteiger partial charge in [0.2, 0.25) is 0 Å². The number of likely N-dealkylation sites (tertiary alicyclic amines) is 1. The Bertz CT molecular complexity index is 1080. The van der Waals surface area contributed by atoms with Crippen molar-refractivity contribution in [2.45, 2.75) is 25.6 Å². The lowest BCUT2D eigenvalue weighted by molar-refractivity contribution is -0.172. The Morgan fingerprint density at radius 1 is 1.18 bits per heavy atom. The minimum absolute atomic E-state index is 0.0517. The van der Waals surface area contributed by atoms with Gasteiger partial charge in [-0.15, -0.1) is 0 Å². The number of carbonyl (C=O) groups is 2. The van der Waals surface area contributed by atoms with Gasteiger partial charge in [-0.25, -0.2) is 13.2 Å². The van der Waals surface area contributed by atoms with Crippen LogP contribution in [-0.2, 0) is 14.3 Å². The van der Waals surface area contributed by atoms with Crippen LogP contribution in [0.5, 0.6) is 0 Å². The third-order valence-corrected chi connectivity index (χ3v) is 6.07. The van der Waals surface area contributed by atoms with E-state index in [1.54, 1.807) is 13.2 Å². The third-order valence-electron chi connectivity index (χ3n) is 5.40. The minimum Gasteiger partial charge on any atom is -0.454 e. The first-order chi connectivity index (χ1) is 16.0. The number of benzene rings is 2. The van der Waals surface area contributed by atoms with Crippen molar-refractivity contribution in [1.82, 2.24) is 10.2 Å². The summed E-state index contributed by atoms with van der Waals surface area (Å²) in [5.41, 5.74) is -1.70. The lowest BCUT2D eigenvalue weighted by Crippen LogP contribution is -2.69. The summed E-state index contributed by atoms with van der Waals surface area (Å²) < 4.78 is 54.2. The van der Waals surface area contributed by atoms with Gasteiger partial charge in [-0.3, -0.25) is 9.59 Å². The molecule has 0 bridgehead atoms. The van der Waals surface area contributed by atoms with Crippen molar-refractivity contribution in [3.8, 4) is 0 Å². The summed E-state index contributed by atoms with van der Waals surface area (Å²) in [6.07, 6.45) is -0.0651. The Kier molecular flexibility index (Phi) is 8.42. The number of hydrogen-bond donors (Lipinski definition) is 2. The fraction of sp³-hybridized carbons (Fsp3) is 0.391. The van der Waals surface area contributed by atoms with E-state index in [0.717, 1.165) is 12.1 Å². The first-order valence-corrected chi connectivity index (χ1v) is 11.6. The second-order valence-electron chi connectivity index (χ2n) is 8.15. The molecule has 0 spiro atoms. The first-order valence-electron chi connectivity index (χ1n) is 10.5. The van der Waals surface area contributed by atoms with Gasteiger partial charge in [0.15, 0.2) is 17.2 Å². The zero-order valence-electron chi connectivity index (χ0n) is 18.9. The van der Waals surface area contributed by atoms with Crippen LogP contribution in [0.3, 0.4) is 0 Å². The van der Waals surface area contributed by atoms with E-state index >= 15 is 0 Å². The molecule has 0 aromatic heterocycles. The van der Waals surface area contributed by atoms with Gasteiger partial charge in [-0.05, 0) is 59.8 Å². The van der Waals surface area contributed by atoms with E-state index in [1.165, 1.54) is 24.0 Å². The topological polar surface area (TPSA) is 79.9 Å². The second-order valence-corrected chi connectivity index (χ2v) is 9.39. The minimum atomic E-state index is -1.30. The molecule has 0 radical (unpaired) electrons. The monoisotopic (exact) mass is 591 g/mol. The fourth-order valence-corrected chi connectivity index (χ4v) is 4.10. The highest BCUT2D eigenvalue weighted by molar-refractivity contribution is 14.1. The van der Waals surface area contributed by atoms with Crippen molar-refractivity contribution in [3.05, 3.63) is 56.9 Å². The van der Waals surface area contributed by atoms with Crippen molar-refractivity contribution < 1.29 is 32.2 Å². The van der Waals surface area contributed by atoms with Gasteiger partial charge in [0.1, 0.15) is 5.82 Å². The molecule has 11 heteroatoms. The Hall–Kier alpha value is -2.38. The highest BCUT2D eigenvalue weighted by atomic mass is 127. The molecule has 1 heterocycles. The molecule has 1 unspecified atom stereocenters. The summed E-state index contributed by atoms with van der Waals surface area (Å²) in [6, 6.07) is 6.16. The molecule has 1 atom stereocenters. The number of nitrogens with zero attached hydrogens (tertiary/aromatic N) is 1. The average Bonchev–Trinajstić information content (AvgIpc) is 2.75. The normalized spacial score (nSPS) is 15.4. The molecule has 0 aliphatic carbocycles. The lowest BCUT2D eigenvalue weighted by Gasteiger charge is -2.49. The van der Waals surface area contributed by atoms with E-state index in [1.807, 2.05) is 29.5 Å². The number of anilines is 2. The van der Waals surface area contributed by atoms with Gasteiger partial charge < -0.3 is 25.0 Å². The summed E-state index contributed by atoms with van der Waals surface area (Å²) in [7, 11) is 1.58. The standard InChI is InChI=1S/C23H25F3IN3O4/c1-13(33-3)9-28-10-23(34-14(2)31)11-30(12-23)22(32)16-5-6-17(24)20(26)21(16)29-19-7-4-15(27)8-18(19)25/h4-8,13,28-29H,9-12H2,1-3H3. The number of rotatable bonds is 9. The highest BCUT2D eigenvalue weighted by Gasteiger charge is 2.48. The number of halogens is 4. The average molecular weight is 591 g/mol. The molecule has 2 aromatic carbocycles. The maximum Gasteiger partial charge on any atom is 0.303 e. The molecule has 1 amide bonds. The van der Waals surface area contributed by atoms with Crippen LogP contribution in [0.15, 0.2) is 30.3 Å². The smallest absolute Gasteiger partial charge is 0.303 e. The molecule has 7 nitrogen and oxygen atoms in total.